The molecule has 1 rings (SSSR count). The van der Waals surface area contributed by atoms with E-state index in [1.165, 1.54) is 6.08 Å². The van der Waals surface area contributed by atoms with Gasteiger partial charge in [-0.15, -0.1) is 0 Å². The van der Waals surface area contributed by atoms with Gasteiger partial charge in [0, 0.05) is 18.8 Å². The van der Waals surface area contributed by atoms with Gasteiger partial charge < -0.3 is 4.31 Å². The molecule has 1 aliphatic heterocycles. The van der Waals surface area contributed by atoms with E-state index in [-0.39, 0.29) is 5.78 Å². The van der Waals surface area contributed by atoms with E-state index in [2.05, 4.69) is 12.8 Å². The molecule has 9 heavy (non-hydrogen) atoms. The van der Waals surface area contributed by atoms with Crippen molar-refractivity contribution in [1.29, 1.82) is 0 Å². The van der Waals surface area contributed by atoms with Gasteiger partial charge in [-0.2, -0.15) is 0 Å². The highest BCUT2D eigenvalue weighted by atomic mass is 32.1. The first-order chi connectivity index (χ1) is 4.29. The lowest BCUT2D eigenvalue weighted by atomic mass is 10.3. The Labute approximate surface area is 59.4 Å². The average Bonchev–Trinajstić information content (AvgIpc) is 1.97. The van der Waals surface area contributed by atoms with E-state index in [0.717, 1.165) is 0 Å². The van der Waals surface area contributed by atoms with Crippen LogP contribution in [0.4, 0.5) is 0 Å². The number of nitrogens with zero attached hydrogens (tertiary/aromatic N) is 1. The van der Waals surface area contributed by atoms with E-state index in [4.69, 9.17) is 0 Å². The highest BCUT2D eigenvalue weighted by Gasteiger charge is 1.96. The van der Waals surface area contributed by atoms with Crippen LogP contribution in [0.3, 0.4) is 0 Å². The van der Waals surface area contributed by atoms with Crippen LogP contribution in [0.15, 0.2) is 24.6 Å². The lowest BCUT2D eigenvalue weighted by molar-refractivity contribution is -0.113. The number of thiol groups is 1. The smallest absolute Gasteiger partial charge is 0.160 e. The summed E-state index contributed by atoms with van der Waals surface area (Å²) in [5.41, 5.74) is 0. The number of carbonyl (C=O) groups excluding carboxylic acids is 1. The highest BCUT2D eigenvalue weighted by Crippen LogP contribution is 2.02. The molecule has 2 nitrogen and oxygen atoms in total. The predicted octanol–water partition coefficient (Wildman–Crippen LogP) is 1.13. The van der Waals surface area contributed by atoms with Crippen molar-refractivity contribution < 1.29 is 4.79 Å². The van der Waals surface area contributed by atoms with Gasteiger partial charge in [0.15, 0.2) is 5.78 Å². The van der Waals surface area contributed by atoms with Gasteiger partial charge in [0.2, 0.25) is 0 Å². The van der Waals surface area contributed by atoms with Crippen LogP contribution in [0.25, 0.3) is 0 Å². The van der Waals surface area contributed by atoms with Gasteiger partial charge in [0.25, 0.3) is 0 Å². The zero-order valence-electron chi connectivity index (χ0n) is 4.82. The number of rotatable bonds is 0. The van der Waals surface area contributed by atoms with Gasteiger partial charge >= 0.3 is 0 Å². The standard InChI is InChI=1S/C6H7NOS/c8-6-2-1-4-7(9)5-3-6/h1,3-5,9H,2H2. The Balaban J connectivity index is 2.68. The van der Waals surface area contributed by atoms with Gasteiger partial charge in [0.1, 0.15) is 0 Å². The molecule has 0 aromatic heterocycles. The Morgan fingerprint density at radius 3 is 3.11 bits per heavy atom. The third-order valence-electron chi connectivity index (χ3n) is 0.990. The van der Waals surface area contributed by atoms with Gasteiger partial charge in [-0.3, -0.25) is 4.79 Å². The van der Waals surface area contributed by atoms with Gasteiger partial charge in [-0.05, 0) is 6.08 Å². The minimum Gasteiger partial charge on any atom is -0.302 e. The van der Waals surface area contributed by atoms with Gasteiger partial charge in [-0.25, -0.2) is 0 Å². The number of carbonyl (C=O) groups is 1. The van der Waals surface area contributed by atoms with Gasteiger partial charge in [0.05, 0.1) is 0 Å². The molecule has 1 heterocycles. The molecule has 0 saturated carbocycles. The molecule has 0 bridgehead atoms. The summed E-state index contributed by atoms with van der Waals surface area (Å²) in [7, 11) is 0. The Morgan fingerprint density at radius 2 is 2.33 bits per heavy atom. The van der Waals surface area contributed by atoms with Crippen molar-refractivity contribution in [2.75, 3.05) is 0 Å². The van der Waals surface area contributed by atoms with E-state index in [1.807, 2.05) is 0 Å². The number of allylic oxidation sites excluding steroid dienone is 2. The molecule has 48 valence electrons. The maximum Gasteiger partial charge on any atom is 0.160 e. The Morgan fingerprint density at radius 1 is 1.56 bits per heavy atom. The van der Waals surface area contributed by atoms with Crippen LogP contribution in [0.1, 0.15) is 6.42 Å². The zero-order chi connectivity index (χ0) is 6.69. The summed E-state index contributed by atoms with van der Waals surface area (Å²) in [5, 5.41) is 0. The third kappa shape index (κ3) is 1.93. The first-order valence-electron chi connectivity index (χ1n) is 2.64. The maximum atomic E-state index is 10.6. The number of ketones is 1. The predicted molar refractivity (Wildman–Crippen MR) is 38.7 cm³/mol. The van der Waals surface area contributed by atoms with Crippen LogP contribution in [-0.2, 0) is 4.79 Å². The molecule has 0 aromatic rings. The monoisotopic (exact) mass is 141 g/mol. The Hall–Kier alpha value is -0.700. The molecular formula is C6H7NOS. The molecule has 0 saturated heterocycles. The Bertz CT molecular complexity index is 174. The Kier molecular flexibility index (Phi) is 1.95. The summed E-state index contributed by atoms with van der Waals surface area (Å²) in [6, 6.07) is 0. The van der Waals surface area contributed by atoms with Crippen molar-refractivity contribution in [3.8, 4) is 0 Å². The summed E-state index contributed by atoms with van der Waals surface area (Å²) >= 11 is 3.98. The summed E-state index contributed by atoms with van der Waals surface area (Å²) in [6.45, 7) is 0. The molecule has 0 N–H and O–H groups in total. The average molecular weight is 141 g/mol. The van der Waals surface area contributed by atoms with Crippen LogP contribution in [-0.4, -0.2) is 10.1 Å². The molecule has 0 radical (unpaired) electrons. The second kappa shape index (κ2) is 2.73. The molecule has 0 spiro atoms. The molecule has 3 heteroatoms. The molecule has 0 aliphatic carbocycles. The van der Waals surface area contributed by atoms with Crippen molar-refractivity contribution in [2.45, 2.75) is 6.42 Å². The molecular weight excluding hydrogens is 134 g/mol. The molecule has 0 unspecified atom stereocenters. The van der Waals surface area contributed by atoms with E-state index in [9.17, 15) is 4.79 Å². The molecule has 0 amide bonds. The van der Waals surface area contributed by atoms with Crippen LogP contribution >= 0.6 is 12.8 Å². The lowest BCUT2D eigenvalue weighted by Gasteiger charge is -1.99. The number of hydrogen-bond acceptors (Lipinski definition) is 3. The van der Waals surface area contributed by atoms with E-state index in [0.29, 0.717) is 6.42 Å². The second-order valence-corrected chi connectivity index (χ2v) is 2.21. The first kappa shape index (κ1) is 6.42. The zero-order valence-corrected chi connectivity index (χ0v) is 5.71. The summed E-state index contributed by atoms with van der Waals surface area (Å²) < 4.78 is 1.55. The fraction of sp³-hybridized carbons (Fsp3) is 0.167. The summed E-state index contributed by atoms with van der Waals surface area (Å²) in [5.74, 6) is 0.114. The largest absolute Gasteiger partial charge is 0.302 e. The van der Waals surface area contributed by atoms with Crippen LogP contribution in [0.5, 0.6) is 0 Å². The quantitative estimate of drug-likeness (QED) is 0.510. The molecule has 1 aliphatic rings. The summed E-state index contributed by atoms with van der Waals surface area (Å²) in [6.07, 6.45) is 7.12. The van der Waals surface area contributed by atoms with Crippen molar-refractivity contribution >= 4 is 18.6 Å². The second-order valence-electron chi connectivity index (χ2n) is 1.75. The normalized spacial score (nSPS) is 18.3. The molecule has 0 fully saturated rings. The van der Waals surface area contributed by atoms with Crippen LogP contribution < -0.4 is 0 Å². The topological polar surface area (TPSA) is 20.3 Å². The van der Waals surface area contributed by atoms with Crippen LogP contribution in [0, 0.1) is 0 Å². The van der Waals surface area contributed by atoms with Crippen molar-refractivity contribution in [3.63, 3.8) is 0 Å². The van der Waals surface area contributed by atoms with E-state index < -0.39 is 0 Å². The van der Waals surface area contributed by atoms with E-state index in [1.54, 1.807) is 22.8 Å². The minimum atomic E-state index is 0.114. The maximum absolute atomic E-state index is 10.6. The molecule has 0 atom stereocenters. The number of hydrogen-bond donors (Lipinski definition) is 1. The van der Waals surface area contributed by atoms with Crippen molar-refractivity contribution in [3.05, 3.63) is 24.6 Å². The van der Waals surface area contributed by atoms with Crippen LogP contribution in [0.2, 0.25) is 0 Å². The van der Waals surface area contributed by atoms with Crippen molar-refractivity contribution in [2.24, 2.45) is 0 Å². The molecule has 0 aromatic carbocycles. The van der Waals surface area contributed by atoms with Crippen molar-refractivity contribution in [1.82, 2.24) is 4.31 Å². The fourth-order valence-electron chi connectivity index (χ4n) is 0.554. The van der Waals surface area contributed by atoms with Gasteiger partial charge in [-0.1, -0.05) is 18.9 Å². The van der Waals surface area contributed by atoms with E-state index >= 15 is 0 Å². The fourth-order valence-corrected chi connectivity index (χ4v) is 0.715. The minimum absolute atomic E-state index is 0.114. The first-order valence-corrected chi connectivity index (χ1v) is 3.04. The SMILES string of the molecule is O=C1C=CN(S)C=CC1. The highest BCUT2D eigenvalue weighted by molar-refractivity contribution is 7.77. The third-order valence-corrected chi connectivity index (χ3v) is 1.26. The summed E-state index contributed by atoms with van der Waals surface area (Å²) in [4.78, 5) is 10.6. The lowest BCUT2D eigenvalue weighted by Crippen LogP contribution is -1.89.